The molecule has 2 N–H and O–H groups in total. The van der Waals surface area contributed by atoms with Gasteiger partial charge < -0.3 is 15.5 Å². The third kappa shape index (κ3) is 4.40. The maximum Gasteiger partial charge on any atom is 0.314 e. The van der Waals surface area contributed by atoms with Crippen LogP contribution in [0.25, 0.3) is 0 Å². The largest absolute Gasteiger partial charge is 0.371 e. The molecule has 0 saturated carbocycles. The van der Waals surface area contributed by atoms with Gasteiger partial charge in [-0.2, -0.15) is 0 Å². The highest BCUT2D eigenvalue weighted by atomic mass is 16.2. The second-order valence-corrected chi connectivity index (χ2v) is 5.64. The van der Waals surface area contributed by atoms with Gasteiger partial charge in [0.1, 0.15) is 0 Å². The quantitative estimate of drug-likeness (QED) is 0.884. The van der Waals surface area contributed by atoms with Crippen LogP contribution in [-0.4, -0.2) is 36.7 Å². The fraction of sp³-hybridized carbons (Fsp3) is 0.600. The number of pyridine rings is 1. The van der Waals surface area contributed by atoms with Crippen LogP contribution in [0, 0.1) is 5.92 Å². The highest BCUT2D eigenvalue weighted by molar-refractivity contribution is 5.74. The Bertz CT molecular complexity index is 413. The van der Waals surface area contributed by atoms with Crippen molar-refractivity contribution in [2.75, 3.05) is 24.5 Å². The number of aromatic nitrogens is 1. The molecule has 0 aromatic carbocycles. The number of hydrogen-bond acceptors (Lipinski definition) is 3. The molecule has 110 valence electrons. The van der Waals surface area contributed by atoms with Gasteiger partial charge in [0, 0.05) is 43.8 Å². The molecule has 1 aliphatic heterocycles. The minimum atomic E-state index is -0.0587. The molecular weight excluding hydrogens is 252 g/mol. The molecule has 1 saturated heterocycles. The van der Waals surface area contributed by atoms with Gasteiger partial charge in [0.15, 0.2) is 0 Å². The number of nitrogens with one attached hydrogen (secondary N) is 2. The summed E-state index contributed by atoms with van der Waals surface area (Å²) < 4.78 is 0. The molecule has 2 heterocycles. The van der Waals surface area contributed by atoms with Gasteiger partial charge in [0.2, 0.25) is 0 Å². The lowest BCUT2D eigenvalue weighted by Gasteiger charge is -2.33. The van der Waals surface area contributed by atoms with E-state index in [1.165, 1.54) is 5.69 Å². The van der Waals surface area contributed by atoms with Gasteiger partial charge in [-0.1, -0.05) is 0 Å². The number of urea groups is 1. The molecule has 5 heteroatoms. The third-order valence-electron chi connectivity index (χ3n) is 3.61. The van der Waals surface area contributed by atoms with E-state index in [0.717, 1.165) is 32.5 Å². The van der Waals surface area contributed by atoms with Crippen molar-refractivity contribution in [1.29, 1.82) is 0 Å². The molecule has 20 heavy (non-hydrogen) atoms. The zero-order valence-electron chi connectivity index (χ0n) is 12.3. The van der Waals surface area contributed by atoms with E-state index < -0.39 is 0 Å². The number of amides is 2. The summed E-state index contributed by atoms with van der Waals surface area (Å²) in [5, 5.41) is 5.81. The van der Waals surface area contributed by atoms with Crippen molar-refractivity contribution in [2.24, 2.45) is 5.92 Å². The van der Waals surface area contributed by atoms with Gasteiger partial charge in [-0.3, -0.25) is 4.98 Å². The zero-order chi connectivity index (χ0) is 14.4. The number of nitrogens with zero attached hydrogens (tertiary/aromatic N) is 2. The average molecular weight is 276 g/mol. The van der Waals surface area contributed by atoms with Gasteiger partial charge in [-0.15, -0.1) is 0 Å². The van der Waals surface area contributed by atoms with Gasteiger partial charge in [-0.25, -0.2) is 4.79 Å². The Morgan fingerprint density at radius 2 is 2.00 bits per heavy atom. The topological polar surface area (TPSA) is 57.3 Å². The second kappa shape index (κ2) is 7.12. The molecule has 0 atom stereocenters. The van der Waals surface area contributed by atoms with Crippen LogP contribution in [0.5, 0.6) is 0 Å². The molecule has 0 bridgehead atoms. The fourth-order valence-corrected chi connectivity index (χ4v) is 2.50. The Morgan fingerprint density at radius 3 is 2.60 bits per heavy atom. The van der Waals surface area contributed by atoms with E-state index in [2.05, 4.69) is 32.7 Å². The fourth-order valence-electron chi connectivity index (χ4n) is 2.50. The normalized spacial score (nSPS) is 16.2. The maximum atomic E-state index is 11.5. The Hall–Kier alpha value is -1.78. The van der Waals surface area contributed by atoms with Gasteiger partial charge in [-0.05, 0) is 44.7 Å². The predicted octanol–water partition coefficient (Wildman–Crippen LogP) is 2.01. The summed E-state index contributed by atoms with van der Waals surface area (Å²) in [6.45, 7) is 6.78. The molecular formula is C15H24N4O. The first-order chi connectivity index (χ1) is 9.65. The molecule has 2 rings (SSSR count). The minimum absolute atomic E-state index is 0.0587. The molecule has 0 aliphatic carbocycles. The van der Waals surface area contributed by atoms with Crippen molar-refractivity contribution < 1.29 is 4.79 Å². The Kier molecular flexibility index (Phi) is 5.21. The molecule has 2 amide bonds. The Labute approximate surface area is 120 Å². The van der Waals surface area contributed by atoms with E-state index in [-0.39, 0.29) is 12.1 Å². The van der Waals surface area contributed by atoms with E-state index in [0.29, 0.717) is 5.92 Å². The summed E-state index contributed by atoms with van der Waals surface area (Å²) in [6.07, 6.45) is 5.90. The van der Waals surface area contributed by atoms with Crippen LogP contribution in [0.1, 0.15) is 26.7 Å². The van der Waals surface area contributed by atoms with Crippen LogP contribution < -0.4 is 15.5 Å². The Balaban J connectivity index is 1.71. The monoisotopic (exact) mass is 276 g/mol. The van der Waals surface area contributed by atoms with Crippen LogP contribution in [0.3, 0.4) is 0 Å². The molecule has 1 fully saturated rings. The summed E-state index contributed by atoms with van der Waals surface area (Å²) >= 11 is 0. The number of rotatable bonds is 4. The summed E-state index contributed by atoms with van der Waals surface area (Å²) in [4.78, 5) is 18.0. The van der Waals surface area contributed by atoms with Crippen LogP contribution in [0.15, 0.2) is 24.5 Å². The van der Waals surface area contributed by atoms with Crippen LogP contribution in [-0.2, 0) is 0 Å². The van der Waals surface area contributed by atoms with E-state index in [1.54, 1.807) is 0 Å². The molecule has 1 aromatic rings. The van der Waals surface area contributed by atoms with Gasteiger partial charge >= 0.3 is 6.03 Å². The highest BCUT2D eigenvalue weighted by Gasteiger charge is 2.19. The van der Waals surface area contributed by atoms with Crippen molar-refractivity contribution >= 4 is 11.7 Å². The maximum absolute atomic E-state index is 11.5. The lowest BCUT2D eigenvalue weighted by Crippen LogP contribution is -2.43. The molecule has 5 nitrogen and oxygen atoms in total. The SMILES string of the molecule is CC(C)NC(=O)NCC1CCN(c2ccncc2)CC1. The lowest BCUT2D eigenvalue weighted by molar-refractivity contribution is 0.235. The highest BCUT2D eigenvalue weighted by Crippen LogP contribution is 2.22. The summed E-state index contributed by atoms with van der Waals surface area (Å²) in [7, 11) is 0. The van der Waals surface area contributed by atoms with Crippen molar-refractivity contribution in [3.8, 4) is 0 Å². The molecule has 1 aliphatic rings. The minimum Gasteiger partial charge on any atom is -0.371 e. The van der Waals surface area contributed by atoms with Gasteiger partial charge in [0.05, 0.1) is 0 Å². The number of anilines is 1. The summed E-state index contributed by atoms with van der Waals surface area (Å²) in [6, 6.07) is 4.23. The van der Waals surface area contributed by atoms with E-state index >= 15 is 0 Å². The molecule has 0 radical (unpaired) electrons. The number of hydrogen-bond donors (Lipinski definition) is 2. The number of carbonyl (C=O) groups excluding carboxylic acids is 1. The molecule has 1 aromatic heterocycles. The number of carbonyl (C=O) groups is 1. The van der Waals surface area contributed by atoms with Crippen molar-refractivity contribution in [3.05, 3.63) is 24.5 Å². The van der Waals surface area contributed by atoms with Crippen LogP contribution in [0.4, 0.5) is 10.5 Å². The lowest BCUT2D eigenvalue weighted by atomic mass is 9.96. The standard InChI is InChI=1S/C15H24N4O/c1-12(2)18-15(20)17-11-13-5-9-19(10-6-13)14-3-7-16-8-4-14/h3-4,7-8,12-13H,5-6,9-11H2,1-2H3,(H2,17,18,20). The average Bonchev–Trinajstić information content (AvgIpc) is 2.46. The first-order valence-electron chi connectivity index (χ1n) is 7.34. The van der Waals surface area contributed by atoms with Gasteiger partial charge in [0.25, 0.3) is 0 Å². The van der Waals surface area contributed by atoms with Crippen molar-refractivity contribution in [2.45, 2.75) is 32.7 Å². The van der Waals surface area contributed by atoms with Crippen molar-refractivity contribution in [1.82, 2.24) is 15.6 Å². The summed E-state index contributed by atoms with van der Waals surface area (Å²) in [5.74, 6) is 0.575. The van der Waals surface area contributed by atoms with Crippen LogP contribution in [0.2, 0.25) is 0 Å². The summed E-state index contributed by atoms with van der Waals surface area (Å²) in [5.41, 5.74) is 1.24. The predicted molar refractivity (Wildman–Crippen MR) is 80.8 cm³/mol. The first kappa shape index (κ1) is 14.6. The molecule has 0 spiro atoms. The van der Waals surface area contributed by atoms with E-state index in [4.69, 9.17) is 0 Å². The van der Waals surface area contributed by atoms with E-state index in [1.807, 2.05) is 26.2 Å². The molecule has 0 unspecified atom stereocenters. The smallest absolute Gasteiger partial charge is 0.314 e. The zero-order valence-corrected chi connectivity index (χ0v) is 12.3. The van der Waals surface area contributed by atoms with Crippen molar-refractivity contribution in [3.63, 3.8) is 0 Å². The number of piperidine rings is 1. The van der Waals surface area contributed by atoms with E-state index in [9.17, 15) is 4.79 Å². The third-order valence-corrected chi connectivity index (χ3v) is 3.61. The Morgan fingerprint density at radius 1 is 1.35 bits per heavy atom. The second-order valence-electron chi connectivity index (χ2n) is 5.64. The van der Waals surface area contributed by atoms with Crippen LogP contribution >= 0.6 is 0 Å². The first-order valence-corrected chi connectivity index (χ1v) is 7.34.